The molecule has 3 aliphatic heterocycles. The maximum Gasteiger partial charge on any atom is 0.243 e. The SMILES string of the molecule is C[C@]1(C(=O)[C@H](CC2=CCCCC2)NC(=O)CNC(=O)[C@@H](NC(=O)CN2CCOCC2)C2COC2)CO1. The van der Waals surface area contributed by atoms with Crippen LogP contribution in [0.1, 0.15) is 39.0 Å². The van der Waals surface area contributed by atoms with Gasteiger partial charge in [-0.1, -0.05) is 11.6 Å². The molecule has 1 aliphatic carbocycles. The predicted molar refractivity (Wildman–Crippen MR) is 129 cm³/mol. The van der Waals surface area contributed by atoms with Gasteiger partial charge in [-0.05, 0) is 39.0 Å². The Balaban J connectivity index is 1.29. The van der Waals surface area contributed by atoms with Gasteiger partial charge in [0.2, 0.25) is 17.7 Å². The molecular weight excluding hydrogens is 468 g/mol. The van der Waals surface area contributed by atoms with Gasteiger partial charge in [0.1, 0.15) is 11.6 Å². The third-order valence-electron chi connectivity index (χ3n) is 7.23. The fourth-order valence-corrected chi connectivity index (χ4v) is 4.73. The lowest BCUT2D eigenvalue weighted by atomic mass is 9.90. The molecule has 3 N–H and O–H groups in total. The third-order valence-corrected chi connectivity index (χ3v) is 7.23. The molecule has 3 saturated heterocycles. The summed E-state index contributed by atoms with van der Waals surface area (Å²) in [5, 5.41) is 8.24. The van der Waals surface area contributed by atoms with Gasteiger partial charge in [0.15, 0.2) is 5.78 Å². The summed E-state index contributed by atoms with van der Waals surface area (Å²) in [4.78, 5) is 53.2. The van der Waals surface area contributed by atoms with Crippen LogP contribution in [0.3, 0.4) is 0 Å². The monoisotopic (exact) mass is 506 g/mol. The van der Waals surface area contributed by atoms with Crippen LogP contribution < -0.4 is 16.0 Å². The summed E-state index contributed by atoms with van der Waals surface area (Å²) < 4.78 is 15.8. The Morgan fingerprint density at radius 3 is 2.44 bits per heavy atom. The van der Waals surface area contributed by atoms with E-state index in [0.29, 0.717) is 52.5 Å². The molecule has 4 rings (SSSR count). The molecule has 0 radical (unpaired) electrons. The van der Waals surface area contributed by atoms with Gasteiger partial charge in [-0.15, -0.1) is 0 Å². The number of nitrogens with one attached hydrogen (secondary N) is 3. The largest absolute Gasteiger partial charge is 0.380 e. The zero-order chi connectivity index (χ0) is 25.5. The van der Waals surface area contributed by atoms with Crippen LogP contribution >= 0.6 is 0 Å². The lowest BCUT2D eigenvalue weighted by Gasteiger charge is -2.34. The summed E-state index contributed by atoms with van der Waals surface area (Å²) >= 11 is 0. The quantitative estimate of drug-likeness (QED) is 0.233. The van der Waals surface area contributed by atoms with Gasteiger partial charge >= 0.3 is 0 Å². The van der Waals surface area contributed by atoms with Crippen molar-refractivity contribution in [2.24, 2.45) is 5.92 Å². The van der Waals surface area contributed by atoms with Crippen LogP contribution in [0.4, 0.5) is 0 Å². The van der Waals surface area contributed by atoms with Crippen molar-refractivity contribution in [3.05, 3.63) is 11.6 Å². The molecule has 0 aromatic carbocycles. The number of Topliss-reactive ketones (excluding diaryl/α,β-unsaturated/α-hetero) is 1. The lowest BCUT2D eigenvalue weighted by Crippen LogP contribution is -2.59. The maximum atomic E-state index is 13.0. The molecule has 3 fully saturated rings. The van der Waals surface area contributed by atoms with E-state index < -0.39 is 29.5 Å². The molecule has 3 heterocycles. The number of nitrogens with zero attached hydrogens (tertiary/aromatic N) is 1. The van der Waals surface area contributed by atoms with E-state index in [-0.39, 0.29) is 30.7 Å². The first-order chi connectivity index (χ1) is 17.3. The number of ketones is 1. The first-order valence-electron chi connectivity index (χ1n) is 12.9. The number of hydrogen-bond acceptors (Lipinski definition) is 8. The van der Waals surface area contributed by atoms with Crippen LogP contribution in [0.2, 0.25) is 0 Å². The molecule has 4 aliphatic rings. The first-order valence-corrected chi connectivity index (χ1v) is 12.9. The van der Waals surface area contributed by atoms with E-state index in [9.17, 15) is 19.2 Å². The number of carbonyl (C=O) groups is 4. The van der Waals surface area contributed by atoms with Gasteiger partial charge in [0.25, 0.3) is 0 Å². The molecule has 200 valence electrons. The summed E-state index contributed by atoms with van der Waals surface area (Å²) in [5.74, 6) is -1.44. The molecule has 36 heavy (non-hydrogen) atoms. The minimum atomic E-state index is -0.851. The van der Waals surface area contributed by atoms with Crippen molar-refractivity contribution in [2.45, 2.75) is 56.7 Å². The van der Waals surface area contributed by atoms with Crippen LogP contribution in [-0.2, 0) is 33.4 Å². The van der Waals surface area contributed by atoms with Crippen LogP contribution in [0.15, 0.2) is 11.6 Å². The number of ether oxygens (including phenoxy) is 3. The Hall–Kier alpha value is -2.34. The van der Waals surface area contributed by atoms with E-state index in [0.717, 1.165) is 25.7 Å². The summed E-state index contributed by atoms with van der Waals surface area (Å²) in [7, 11) is 0. The fraction of sp³-hybridized carbons (Fsp3) is 0.760. The average Bonchev–Trinajstić information content (AvgIpc) is 3.60. The Kier molecular flexibility index (Phi) is 9.10. The zero-order valence-electron chi connectivity index (χ0n) is 21.0. The van der Waals surface area contributed by atoms with Gasteiger partial charge in [-0.2, -0.15) is 0 Å². The fourth-order valence-electron chi connectivity index (χ4n) is 4.73. The number of amides is 3. The highest BCUT2D eigenvalue weighted by Gasteiger charge is 2.50. The van der Waals surface area contributed by atoms with E-state index in [1.54, 1.807) is 6.92 Å². The van der Waals surface area contributed by atoms with Crippen molar-refractivity contribution < 1.29 is 33.4 Å². The summed E-state index contributed by atoms with van der Waals surface area (Å²) in [5.41, 5.74) is 0.317. The minimum absolute atomic E-state index is 0.145. The van der Waals surface area contributed by atoms with Crippen LogP contribution in [0.5, 0.6) is 0 Å². The third kappa shape index (κ3) is 7.34. The standard InChI is InChI=1S/C25H38N4O7/c1-25(16-36-25)23(32)19(11-17-5-3-2-4-6-17)27-20(30)12-26-24(33)22(18-14-35-15-18)28-21(31)13-29-7-9-34-10-8-29/h5,18-19,22H,2-4,6-16H2,1H3,(H,26,33)(H,27,30)(H,28,31)/t19-,22-,25+/m0/s1. The minimum Gasteiger partial charge on any atom is -0.380 e. The molecule has 0 spiro atoms. The van der Waals surface area contributed by atoms with E-state index >= 15 is 0 Å². The highest BCUT2D eigenvalue weighted by Crippen LogP contribution is 2.31. The van der Waals surface area contributed by atoms with Gasteiger partial charge in [0.05, 0.1) is 52.2 Å². The summed E-state index contributed by atoms with van der Waals surface area (Å²) in [6, 6.07) is -1.49. The number of morpholine rings is 1. The Bertz CT molecular complexity index is 862. The second-order valence-corrected chi connectivity index (χ2v) is 10.3. The number of rotatable bonds is 12. The molecule has 0 bridgehead atoms. The average molecular weight is 507 g/mol. The van der Waals surface area contributed by atoms with Crippen LogP contribution in [-0.4, -0.2) is 105 Å². The van der Waals surface area contributed by atoms with Crippen molar-refractivity contribution in [3.63, 3.8) is 0 Å². The molecule has 0 unspecified atom stereocenters. The predicted octanol–water partition coefficient (Wildman–Crippen LogP) is -0.701. The molecule has 0 aromatic rings. The van der Waals surface area contributed by atoms with E-state index in [1.165, 1.54) is 5.57 Å². The lowest BCUT2D eigenvalue weighted by molar-refractivity contribution is -0.138. The Labute approximate surface area is 211 Å². The smallest absolute Gasteiger partial charge is 0.243 e. The number of epoxide rings is 1. The van der Waals surface area contributed by atoms with Crippen molar-refractivity contribution in [1.82, 2.24) is 20.9 Å². The summed E-state index contributed by atoms with van der Waals surface area (Å²) in [6.07, 6.45) is 6.72. The highest BCUT2D eigenvalue weighted by atomic mass is 16.6. The number of allylic oxidation sites excluding steroid dienone is 1. The van der Waals surface area contributed by atoms with Gasteiger partial charge in [0, 0.05) is 19.0 Å². The molecule has 0 saturated carbocycles. The molecule has 0 aromatic heterocycles. The normalized spacial score (nSPS) is 26.1. The second-order valence-electron chi connectivity index (χ2n) is 10.3. The molecule has 3 amide bonds. The molecular formula is C25H38N4O7. The number of hydrogen-bond donors (Lipinski definition) is 3. The van der Waals surface area contributed by atoms with E-state index in [2.05, 4.69) is 22.0 Å². The molecule has 11 nitrogen and oxygen atoms in total. The van der Waals surface area contributed by atoms with Crippen LogP contribution in [0.25, 0.3) is 0 Å². The maximum absolute atomic E-state index is 13.0. The molecule has 3 atom stereocenters. The number of carbonyl (C=O) groups excluding carboxylic acids is 4. The Morgan fingerprint density at radius 2 is 1.83 bits per heavy atom. The van der Waals surface area contributed by atoms with Crippen molar-refractivity contribution >= 4 is 23.5 Å². The van der Waals surface area contributed by atoms with Crippen molar-refractivity contribution in [1.29, 1.82) is 0 Å². The van der Waals surface area contributed by atoms with Crippen molar-refractivity contribution in [3.8, 4) is 0 Å². The van der Waals surface area contributed by atoms with E-state index in [4.69, 9.17) is 14.2 Å². The van der Waals surface area contributed by atoms with Crippen molar-refractivity contribution in [2.75, 3.05) is 59.2 Å². The first kappa shape index (κ1) is 26.7. The van der Waals surface area contributed by atoms with Crippen LogP contribution in [0, 0.1) is 5.92 Å². The summed E-state index contributed by atoms with van der Waals surface area (Å²) in [6.45, 7) is 5.20. The van der Waals surface area contributed by atoms with Gasteiger partial charge < -0.3 is 30.2 Å². The Morgan fingerprint density at radius 1 is 1.08 bits per heavy atom. The topological polar surface area (TPSA) is 139 Å². The van der Waals surface area contributed by atoms with Gasteiger partial charge in [-0.3, -0.25) is 24.1 Å². The van der Waals surface area contributed by atoms with Gasteiger partial charge in [-0.25, -0.2) is 0 Å². The molecule has 11 heteroatoms. The zero-order valence-corrected chi connectivity index (χ0v) is 21.0. The second kappa shape index (κ2) is 12.3. The highest BCUT2D eigenvalue weighted by molar-refractivity contribution is 5.97. The van der Waals surface area contributed by atoms with E-state index in [1.807, 2.05) is 4.90 Å².